The van der Waals surface area contributed by atoms with Crippen molar-refractivity contribution in [1.29, 1.82) is 0 Å². The zero-order valence-corrected chi connectivity index (χ0v) is 13.1. The molecule has 1 atom stereocenters. The van der Waals surface area contributed by atoms with Crippen molar-refractivity contribution in [2.24, 2.45) is 0 Å². The Balaban J connectivity index is 2.30. The van der Waals surface area contributed by atoms with Gasteiger partial charge in [0.2, 0.25) is 0 Å². The largest absolute Gasteiger partial charge is 0.480 e. The number of nitrogens with zero attached hydrogens (tertiary/aromatic N) is 2. The van der Waals surface area contributed by atoms with E-state index in [1.54, 1.807) is 18.3 Å². The lowest BCUT2D eigenvalue weighted by Gasteiger charge is -2.14. The lowest BCUT2D eigenvalue weighted by Crippen LogP contribution is -2.42. The molecule has 2 rings (SSSR count). The molecule has 0 bridgehead atoms. The van der Waals surface area contributed by atoms with E-state index < -0.39 is 23.5 Å². The van der Waals surface area contributed by atoms with Gasteiger partial charge in [-0.3, -0.25) is 14.0 Å². The molecule has 1 unspecified atom stereocenters. The number of nitrogens with one attached hydrogen (secondary N) is 1. The van der Waals surface area contributed by atoms with E-state index in [2.05, 4.69) is 10.3 Å². The Bertz CT molecular complexity index is 798. The third-order valence-electron chi connectivity index (χ3n) is 3.56. The minimum Gasteiger partial charge on any atom is -0.480 e. The summed E-state index contributed by atoms with van der Waals surface area (Å²) in [5.74, 6) is -1.84. The number of carboxylic acid groups (broad SMARTS) is 1. The standard InChI is InChI=1S/C16H19N3O4/c1-3-4-5-12(16(22)23)18-14(20)11-9-17-13-8-10(2)6-7-19(13)15(11)21/h6-9,12H,3-5H2,1-2H3,(H,18,20)(H,22,23). The molecule has 0 aliphatic carbocycles. The van der Waals surface area contributed by atoms with Crippen LogP contribution < -0.4 is 10.9 Å². The van der Waals surface area contributed by atoms with Crippen molar-refractivity contribution in [2.75, 3.05) is 0 Å². The summed E-state index contributed by atoms with van der Waals surface area (Å²) in [5.41, 5.74) is 0.688. The molecule has 0 aromatic carbocycles. The highest BCUT2D eigenvalue weighted by molar-refractivity contribution is 5.96. The molecule has 23 heavy (non-hydrogen) atoms. The van der Waals surface area contributed by atoms with Crippen molar-refractivity contribution in [2.45, 2.75) is 39.2 Å². The topological polar surface area (TPSA) is 101 Å². The lowest BCUT2D eigenvalue weighted by molar-refractivity contribution is -0.139. The summed E-state index contributed by atoms with van der Waals surface area (Å²) >= 11 is 0. The molecule has 0 radical (unpaired) electrons. The average Bonchev–Trinajstić information content (AvgIpc) is 2.51. The minimum absolute atomic E-state index is 0.172. The number of hydrogen-bond acceptors (Lipinski definition) is 4. The first-order valence-corrected chi connectivity index (χ1v) is 7.45. The van der Waals surface area contributed by atoms with E-state index in [0.717, 1.165) is 12.0 Å². The molecular formula is C16H19N3O4. The van der Waals surface area contributed by atoms with Crippen LogP contribution in [0.1, 0.15) is 42.1 Å². The number of pyridine rings is 1. The molecule has 122 valence electrons. The quantitative estimate of drug-likeness (QED) is 0.838. The molecule has 0 saturated heterocycles. The second kappa shape index (κ2) is 7.04. The van der Waals surface area contributed by atoms with Gasteiger partial charge >= 0.3 is 5.97 Å². The van der Waals surface area contributed by atoms with Crippen molar-refractivity contribution in [1.82, 2.24) is 14.7 Å². The second-order valence-electron chi connectivity index (χ2n) is 5.42. The van der Waals surface area contributed by atoms with E-state index in [1.165, 1.54) is 10.6 Å². The number of aliphatic carboxylic acids is 1. The number of rotatable bonds is 6. The molecule has 7 heteroatoms. The molecule has 2 N–H and O–H groups in total. The predicted octanol–water partition coefficient (Wildman–Crippen LogP) is 1.38. The fourth-order valence-corrected chi connectivity index (χ4v) is 2.23. The second-order valence-corrected chi connectivity index (χ2v) is 5.42. The van der Waals surface area contributed by atoms with Crippen molar-refractivity contribution in [3.8, 4) is 0 Å². The molecule has 1 amide bonds. The summed E-state index contributed by atoms with van der Waals surface area (Å²) in [4.78, 5) is 39.9. The summed E-state index contributed by atoms with van der Waals surface area (Å²) in [7, 11) is 0. The molecular weight excluding hydrogens is 298 g/mol. The number of carbonyl (C=O) groups excluding carboxylic acids is 1. The number of hydrogen-bond donors (Lipinski definition) is 2. The van der Waals surface area contributed by atoms with Crippen LogP contribution in [0, 0.1) is 6.92 Å². The first kappa shape index (κ1) is 16.7. The highest BCUT2D eigenvalue weighted by Crippen LogP contribution is 2.04. The molecule has 2 aromatic rings. The third-order valence-corrected chi connectivity index (χ3v) is 3.56. The number of amides is 1. The van der Waals surface area contributed by atoms with Crippen molar-refractivity contribution < 1.29 is 14.7 Å². The molecule has 2 heterocycles. The number of carbonyl (C=O) groups is 2. The molecule has 0 aliphatic heterocycles. The lowest BCUT2D eigenvalue weighted by atomic mass is 10.1. The summed E-state index contributed by atoms with van der Waals surface area (Å²) in [6.07, 6.45) is 4.54. The minimum atomic E-state index is -1.11. The summed E-state index contributed by atoms with van der Waals surface area (Å²) in [5, 5.41) is 11.5. The highest BCUT2D eigenvalue weighted by Gasteiger charge is 2.22. The highest BCUT2D eigenvalue weighted by atomic mass is 16.4. The van der Waals surface area contributed by atoms with E-state index in [4.69, 9.17) is 5.11 Å². The van der Waals surface area contributed by atoms with E-state index in [-0.39, 0.29) is 5.56 Å². The third kappa shape index (κ3) is 3.74. The smallest absolute Gasteiger partial charge is 0.326 e. The summed E-state index contributed by atoms with van der Waals surface area (Å²) in [6.45, 7) is 3.81. The van der Waals surface area contributed by atoms with Crippen LogP contribution in [0.3, 0.4) is 0 Å². The van der Waals surface area contributed by atoms with Crippen molar-refractivity contribution >= 4 is 17.5 Å². The van der Waals surface area contributed by atoms with Crippen LogP contribution in [-0.2, 0) is 4.79 Å². The van der Waals surface area contributed by atoms with Gasteiger partial charge < -0.3 is 10.4 Å². The predicted molar refractivity (Wildman–Crippen MR) is 84.6 cm³/mol. The Hall–Kier alpha value is -2.70. The van der Waals surface area contributed by atoms with Gasteiger partial charge in [0.1, 0.15) is 17.3 Å². The van der Waals surface area contributed by atoms with Crippen LogP contribution in [0.5, 0.6) is 0 Å². The number of aromatic nitrogens is 2. The monoisotopic (exact) mass is 317 g/mol. The Morgan fingerprint density at radius 2 is 2.17 bits per heavy atom. The summed E-state index contributed by atoms with van der Waals surface area (Å²) in [6, 6.07) is 2.45. The number of carboxylic acids is 1. The molecule has 2 aromatic heterocycles. The Kier molecular flexibility index (Phi) is 5.10. The Morgan fingerprint density at radius 1 is 1.43 bits per heavy atom. The van der Waals surface area contributed by atoms with Gasteiger partial charge in [-0.2, -0.15) is 0 Å². The van der Waals surface area contributed by atoms with Crippen LogP contribution in [-0.4, -0.2) is 32.4 Å². The van der Waals surface area contributed by atoms with Crippen LogP contribution in [0.25, 0.3) is 5.65 Å². The fraction of sp³-hybridized carbons (Fsp3) is 0.375. The van der Waals surface area contributed by atoms with Crippen molar-refractivity contribution in [3.63, 3.8) is 0 Å². The molecule has 0 fully saturated rings. The normalized spacial score (nSPS) is 12.1. The molecule has 0 aliphatic rings. The van der Waals surface area contributed by atoms with Crippen LogP contribution in [0.2, 0.25) is 0 Å². The van der Waals surface area contributed by atoms with E-state index in [9.17, 15) is 14.4 Å². The van der Waals surface area contributed by atoms with Gasteiger partial charge in [-0.25, -0.2) is 9.78 Å². The number of fused-ring (bicyclic) bond motifs is 1. The van der Waals surface area contributed by atoms with Gasteiger partial charge in [-0.15, -0.1) is 0 Å². The SMILES string of the molecule is CCCCC(NC(=O)c1cnc2cc(C)ccn2c1=O)C(=O)O. The van der Waals surface area contributed by atoms with Gasteiger partial charge in [-0.05, 0) is 31.0 Å². The van der Waals surface area contributed by atoms with E-state index in [0.29, 0.717) is 18.5 Å². The average molecular weight is 317 g/mol. The summed E-state index contributed by atoms with van der Waals surface area (Å²) < 4.78 is 1.27. The van der Waals surface area contributed by atoms with Gasteiger partial charge in [-0.1, -0.05) is 19.8 Å². The van der Waals surface area contributed by atoms with E-state index in [1.807, 2.05) is 13.8 Å². The van der Waals surface area contributed by atoms with Gasteiger partial charge in [0.05, 0.1) is 0 Å². The van der Waals surface area contributed by atoms with E-state index >= 15 is 0 Å². The van der Waals surface area contributed by atoms with Gasteiger partial charge in [0.25, 0.3) is 11.5 Å². The van der Waals surface area contributed by atoms with Crippen LogP contribution in [0.4, 0.5) is 0 Å². The first-order valence-electron chi connectivity index (χ1n) is 7.45. The Morgan fingerprint density at radius 3 is 2.83 bits per heavy atom. The number of aryl methyl sites for hydroxylation is 1. The number of unbranched alkanes of at least 4 members (excludes halogenated alkanes) is 1. The maximum atomic E-state index is 12.4. The van der Waals surface area contributed by atoms with Gasteiger partial charge in [0.15, 0.2) is 0 Å². The molecule has 0 saturated carbocycles. The molecule has 7 nitrogen and oxygen atoms in total. The zero-order valence-electron chi connectivity index (χ0n) is 13.1. The maximum absolute atomic E-state index is 12.4. The zero-order chi connectivity index (χ0) is 17.0. The van der Waals surface area contributed by atoms with Crippen molar-refractivity contribution in [3.05, 3.63) is 46.0 Å². The van der Waals surface area contributed by atoms with Crippen LogP contribution in [0.15, 0.2) is 29.3 Å². The first-order chi connectivity index (χ1) is 10.9. The fourth-order valence-electron chi connectivity index (χ4n) is 2.23. The molecule has 0 spiro atoms. The van der Waals surface area contributed by atoms with Crippen LogP contribution >= 0.6 is 0 Å². The van der Waals surface area contributed by atoms with Gasteiger partial charge in [0, 0.05) is 12.4 Å². The maximum Gasteiger partial charge on any atom is 0.326 e. The Labute approximate surface area is 133 Å².